The molecule has 1 saturated heterocycles. The minimum atomic E-state index is -3.06. The maximum atomic E-state index is 11.3. The lowest BCUT2D eigenvalue weighted by molar-refractivity contribution is 0.0916. The molecule has 0 aliphatic carbocycles. The fourth-order valence-electron chi connectivity index (χ4n) is 2.05. The second-order valence-electron chi connectivity index (χ2n) is 4.82. The molecule has 7 heteroatoms. The fourth-order valence-corrected chi connectivity index (χ4v) is 2.88. The molecule has 1 atom stereocenters. The molecule has 1 rings (SSSR count). The predicted octanol–water partition coefficient (Wildman–Crippen LogP) is -1.08. The Balaban J connectivity index is 2.23. The van der Waals surface area contributed by atoms with Gasteiger partial charge >= 0.3 is 0 Å². The van der Waals surface area contributed by atoms with Gasteiger partial charge in [0.05, 0.1) is 12.4 Å². The zero-order chi connectivity index (χ0) is 13.6. The lowest BCUT2D eigenvalue weighted by atomic mass is 10.3. The predicted molar refractivity (Wildman–Crippen MR) is 72.0 cm³/mol. The van der Waals surface area contributed by atoms with Gasteiger partial charge < -0.3 is 10.4 Å². The van der Waals surface area contributed by atoms with Gasteiger partial charge in [-0.05, 0) is 13.0 Å². The molecule has 108 valence electrons. The van der Waals surface area contributed by atoms with Crippen LogP contribution in [0.4, 0.5) is 0 Å². The Morgan fingerprint density at radius 3 is 2.39 bits per heavy atom. The van der Waals surface area contributed by atoms with Gasteiger partial charge in [-0.25, -0.2) is 8.42 Å². The number of aliphatic hydroxyl groups is 1. The van der Waals surface area contributed by atoms with Crippen LogP contribution in [-0.2, 0) is 10.0 Å². The topological polar surface area (TPSA) is 72.9 Å². The second kappa shape index (κ2) is 7.40. The Hall–Kier alpha value is -0.210. The van der Waals surface area contributed by atoms with Crippen molar-refractivity contribution in [3.8, 4) is 0 Å². The summed E-state index contributed by atoms with van der Waals surface area (Å²) < 4.78 is 24.2. The molecule has 1 unspecified atom stereocenters. The summed E-state index contributed by atoms with van der Waals surface area (Å²) in [6.45, 7) is 6.63. The monoisotopic (exact) mass is 279 g/mol. The normalized spacial score (nSPS) is 21.1. The van der Waals surface area contributed by atoms with Crippen LogP contribution in [0.3, 0.4) is 0 Å². The minimum absolute atomic E-state index is 0.388. The summed E-state index contributed by atoms with van der Waals surface area (Å²) in [5.41, 5.74) is 0. The van der Waals surface area contributed by atoms with Gasteiger partial charge in [0.15, 0.2) is 0 Å². The van der Waals surface area contributed by atoms with E-state index < -0.39 is 10.0 Å². The van der Waals surface area contributed by atoms with Gasteiger partial charge in [0.2, 0.25) is 10.0 Å². The van der Waals surface area contributed by atoms with Gasteiger partial charge in [-0.1, -0.05) is 6.92 Å². The quantitative estimate of drug-likeness (QED) is 0.580. The van der Waals surface area contributed by atoms with Crippen LogP contribution in [0.2, 0.25) is 0 Å². The van der Waals surface area contributed by atoms with Crippen molar-refractivity contribution in [2.45, 2.75) is 19.4 Å². The van der Waals surface area contributed by atoms with Crippen molar-refractivity contribution in [1.82, 2.24) is 14.5 Å². The first-order valence-electron chi connectivity index (χ1n) is 6.49. The van der Waals surface area contributed by atoms with E-state index in [1.807, 2.05) is 0 Å². The number of aliphatic hydroxyl groups excluding tert-OH is 1. The van der Waals surface area contributed by atoms with E-state index >= 15 is 0 Å². The molecule has 0 amide bonds. The first kappa shape index (κ1) is 15.8. The largest absolute Gasteiger partial charge is 0.390 e. The Kier molecular flexibility index (Phi) is 6.51. The van der Waals surface area contributed by atoms with E-state index in [1.54, 1.807) is 0 Å². The zero-order valence-electron chi connectivity index (χ0n) is 11.3. The first-order valence-corrected chi connectivity index (χ1v) is 8.34. The van der Waals surface area contributed by atoms with Crippen molar-refractivity contribution in [3.05, 3.63) is 0 Å². The second-order valence-corrected chi connectivity index (χ2v) is 6.80. The average Bonchev–Trinajstić information content (AvgIpc) is 2.29. The maximum absolute atomic E-state index is 11.3. The molecule has 0 spiro atoms. The molecule has 1 fully saturated rings. The number of nitrogens with zero attached hydrogens (tertiary/aromatic N) is 2. The van der Waals surface area contributed by atoms with Crippen molar-refractivity contribution in [2.75, 3.05) is 52.1 Å². The van der Waals surface area contributed by atoms with E-state index in [1.165, 1.54) is 10.6 Å². The number of hydrogen-bond donors (Lipinski definition) is 2. The third kappa shape index (κ3) is 5.62. The van der Waals surface area contributed by atoms with Crippen LogP contribution in [0.5, 0.6) is 0 Å². The molecule has 0 aromatic rings. The third-order valence-electron chi connectivity index (χ3n) is 3.08. The van der Waals surface area contributed by atoms with E-state index in [0.717, 1.165) is 13.0 Å². The SMILES string of the molecule is CCCNCC(O)CN1CCN(S(C)(=O)=O)CC1. The average molecular weight is 279 g/mol. The summed E-state index contributed by atoms with van der Waals surface area (Å²) in [5.74, 6) is 0. The van der Waals surface area contributed by atoms with Gasteiger partial charge in [-0.2, -0.15) is 4.31 Å². The Morgan fingerprint density at radius 2 is 1.89 bits per heavy atom. The van der Waals surface area contributed by atoms with Crippen LogP contribution in [0.25, 0.3) is 0 Å². The van der Waals surface area contributed by atoms with E-state index in [2.05, 4.69) is 17.1 Å². The van der Waals surface area contributed by atoms with E-state index in [9.17, 15) is 13.5 Å². The Labute approximate surface area is 110 Å². The lowest BCUT2D eigenvalue weighted by Gasteiger charge is -2.34. The highest BCUT2D eigenvalue weighted by atomic mass is 32.2. The number of sulfonamides is 1. The number of β-amino-alcohol motifs (C(OH)–C–C–N with tert-alkyl or cyclic N) is 1. The van der Waals surface area contributed by atoms with Crippen molar-refractivity contribution >= 4 is 10.0 Å². The summed E-state index contributed by atoms with van der Waals surface area (Å²) in [6, 6.07) is 0. The standard InChI is InChI=1S/C11H25N3O3S/c1-3-4-12-9-11(15)10-13-5-7-14(8-6-13)18(2,16)17/h11-12,15H,3-10H2,1-2H3. The van der Waals surface area contributed by atoms with Crippen LogP contribution >= 0.6 is 0 Å². The highest BCUT2D eigenvalue weighted by Gasteiger charge is 2.24. The molecule has 0 aromatic carbocycles. The van der Waals surface area contributed by atoms with Crippen molar-refractivity contribution in [2.24, 2.45) is 0 Å². The smallest absolute Gasteiger partial charge is 0.211 e. The first-order chi connectivity index (χ1) is 8.43. The molecule has 0 radical (unpaired) electrons. The molecule has 0 aromatic heterocycles. The van der Waals surface area contributed by atoms with Gasteiger partial charge in [-0.15, -0.1) is 0 Å². The van der Waals surface area contributed by atoms with Gasteiger partial charge in [0, 0.05) is 39.3 Å². The molecule has 6 nitrogen and oxygen atoms in total. The van der Waals surface area contributed by atoms with Crippen LogP contribution in [0.1, 0.15) is 13.3 Å². The van der Waals surface area contributed by atoms with Crippen molar-refractivity contribution in [3.63, 3.8) is 0 Å². The summed E-state index contributed by atoms with van der Waals surface area (Å²) in [7, 11) is -3.06. The van der Waals surface area contributed by atoms with E-state index in [4.69, 9.17) is 0 Å². The molecule has 1 aliphatic heterocycles. The summed E-state index contributed by atoms with van der Waals surface area (Å²) in [4.78, 5) is 2.11. The molecule has 18 heavy (non-hydrogen) atoms. The zero-order valence-corrected chi connectivity index (χ0v) is 12.1. The number of hydrogen-bond acceptors (Lipinski definition) is 5. The molecule has 2 N–H and O–H groups in total. The Bertz CT molecular complexity index is 326. The van der Waals surface area contributed by atoms with Crippen LogP contribution < -0.4 is 5.32 Å². The summed E-state index contributed by atoms with van der Waals surface area (Å²) in [5, 5.41) is 13.0. The minimum Gasteiger partial charge on any atom is -0.390 e. The van der Waals surface area contributed by atoms with Gasteiger partial charge in [0.1, 0.15) is 0 Å². The van der Waals surface area contributed by atoms with Gasteiger partial charge in [0.25, 0.3) is 0 Å². The maximum Gasteiger partial charge on any atom is 0.211 e. The molecule has 1 heterocycles. The Morgan fingerprint density at radius 1 is 1.28 bits per heavy atom. The van der Waals surface area contributed by atoms with Crippen LogP contribution in [0.15, 0.2) is 0 Å². The number of nitrogens with one attached hydrogen (secondary N) is 1. The van der Waals surface area contributed by atoms with E-state index in [-0.39, 0.29) is 6.10 Å². The molecule has 1 aliphatic rings. The van der Waals surface area contributed by atoms with Crippen LogP contribution in [-0.4, -0.2) is 80.9 Å². The number of piperazine rings is 1. The molecular formula is C11H25N3O3S. The van der Waals surface area contributed by atoms with Crippen LogP contribution in [0, 0.1) is 0 Å². The van der Waals surface area contributed by atoms with Crippen molar-refractivity contribution in [1.29, 1.82) is 0 Å². The lowest BCUT2D eigenvalue weighted by Crippen LogP contribution is -2.51. The molecule has 0 bridgehead atoms. The third-order valence-corrected chi connectivity index (χ3v) is 4.38. The number of rotatable bonds is 7. The van der Waals surface area contributed by atoms with Crippen molar-refractivity contribution < 1.29 is 13.5 Å². The van der Waals surface area contributed by atoms with Gasteiger partial charge in [-0.3, -0.25) is 4.90 Å². The highest BCUT2D eigenvalue weighted by Crippen LogP contribution is 2.06. The molecular weight excluding hydrogens is 254 g/mol. The highest BCUT2D eigenvalue weighted by molar-refractivity contribution is 7.88. The fraction of sp³-hybridized carbons (Fsp3) is 1.00. The van der Waals surface area contributed by atoms with E-state index in [0.29, 0.717) is 39.3 Å². The summed E-state index contributed by atoms with van der Waals surface area (Å²) >= 11 is 0. The molecule has 0 saturated carbocycles. The summed E-state index contributed by atoms with van der Waals surface area (Å²) in [6.07, 6.45) is 1.91.